The van der Waals surface area contributed by atoms with Crippen LogP contribution in [0.2, 0.25) is 0 Å². The van der Waals surface area contributed by atoms with Crippen LogP contribution in [-0.2, 0) is 14.3 Å². The van der Waals surface area contributed by atoms with E-state index in [2.05, 4.69) is 17.5 Å². The second kappa shape index (κ2) is 12.3. The minimum absolute atomic E-state index is 0.0640. The molecule has 2 rings (SSSR count). The number of ether oxygens (including phenoxy) is 1. The Hall–Kier alpha value is -2.44. The molecular weight excluding hydrogens is 430 g/mol. The molecule has 190 valence electrons. The van der Waals surface area contributed by atoms with Gasteiger partial charge in [-0.05, 0) is 70.4 Å². The Balaban J connectivity index is 2.08. The summed E-state index contributed by atoms with van der Waals surface area (Å²) in [5.41, 5.74) is 2.09. The van der Waals surface area contributed by atoms with Gasteiger partial charge in [-0.3, -0.25) is 4.79 Å². The van der Waals surface area contributed by atoms with Crippen LogP contribution >= 0.6 is 0 Å². The molecule has 1 amide bonds. The lowest BCUT2D eigenvalue weighted by molar-refractivity contribution is -0.124. The molecule has 0 radical (unpaired) electrons. The first-order chi connectivity index (χ1) is 16.0. The maximum absolute atomic E-state index is 13.0. The van der Waals surface area contributed by atoms with Crippen LogP contribution in [0.1, 0.15) is 73.1 Å². The second-order valence-electron chi connectivity index (χ2n) is 10.5. The van der Waals surface area contributed by atoms with Crippen molar-refractivity contribution in [1.82, 2.24) is 10.2 Å². The fourth-order valence-electron chi connectivity index (χ4n) is 4.74. The van der Waals surface area contributed by atoms with Crippen LogP contribution in [0.15, 0.2) is 23.4 Å². The van der Waals surface area contributed by atoms with Gasteiger partial charge in [-0.2, -0.15) is 0 Å². The number of nitrogens with one attached hydrogen (secondary N) is 2. The zero-order valence-electron chi connectivity index (χ0n) is 21.8. The summed E-state index contributed by atoms with van der Waals surface area (Å²) >= 11 is 0. The number of carbonyl (C=O) groups excluding carboxylic acids is 3. The molecule has 7 heteroatoms. The van der Waals surface area contributed by atoms with Crippen molar-refractivity contribution in [3.8, 4) is 0 Å². The lowest BCUT2D eigenvalue weighted by atomic mass is 9.75. The molecule has 0 saturated carbocycles. The third kappa shape index (κ3) is 7.28. The molecule has 0 aromatic rings. The monoisotopic (exact) mass is 473 g/mol. The van der Waals surface area contributed by atoms with Gasteiger partial charge in [0.2, 0.25) is 0 Å². The van der Waals surface area contributed by atoms with Crippen molar-refractivity contribution in [2.24, 2.45) is 23.7 Å². The zero-order valence-corrected chi connectivity index (χ0v) is 21.8. The highest BCUT2D eigenvalue weighted by molar-refractivity contribution is 6.06. The average molecular weight is 474 g/mol. The summed E-state index contributed by atoms with van der Waals surface area (Å²) < 4.78 is 5.50. The SMILES string of the molecule is CCC(C)C(=O)C(CCC=O)C(=N)C1CC=C(C2CCN(C(=O)OC(C)(C)C)CC2)C=C1NC. The van der Waals surface area contributed by atoms with Crippen molar-refractivity contribution < 1.29 is 19.1 Å². The lowest BCUT2D eigenvalue weighted by Crippen LogP contribution is -2.42. The lowest BCUT2D eigenvalue weighted by Gasteiger charge is -2.35. The third-order valence-electron chi connectivity index (χ3n) is 6.96. The molecule has 3 unspecified atom stereocenters. The number of rotatable bonds is 10. The molecule has 1 heterocycles. The van der Waals surface area contributed by atoms with Crippen molar-refractivity contribution in [1.29, 1.82) is 5.41 Å². The van der Waals surface area contributed by atoms with E-state index >= 15 is 0 Å². The van der Waals surface area contributed by atoms with Gasteiger partial charge in [-0.1, -0.05) is 19.9 Å². The molecule has 0 aromatic carbocycles. The molecule has 34 heavy (non-hydrogen) atoms. The quantitative estimate of drug-likeness (QED) is 0.347. The highest BCUT2D eigenvalue weighted by atomic mass is 16.6. The number of hydrogen-bond donors (Lipinski definition) is 2. The van der Waals surface area contributed by atoms with Crippen molar-refractivity contribution in [2.75, 3.05) is 20.1 Å². The topological polar surface area (TPSA) is 99.6 Å². The normalized spacial score (nSPS) is 21.1. The minimum Gasteiger partial charge on any atom is -0.444 e. The van der Waals surface area contributed by atoms with Gasteiger partial charge in [0, 0.05) is 49.8 Å². The number of likely N-dealkylation sites (tertiary alicyclic amines) is 1. The molecule has 7 nitrogen and oxygen atoms in total. The summed E-state index contributed by atoms with van der Waals surface area (Å²) in [4.78, 5) is 38.1. The summed E-state index contributed by atoms with van der Waals surface area (Å²) in [7, 11) is 1.86. The standard InChI is InChI=1S/C27H43N3O4/c1-7-18(2)25(32)22(9-8-16-31)24(28)21-11-10-20(17-23(21)29-6)19-12-14-30(15-13-19)26(33)34-27(3,4)5/h10,16-19,21-22,28-29H,7-9,11-15H2,1-6H3. The molecule has 1 aliphatic carbocycles. The van der Waals surface area contributed by atoms with E-state index < -0.39 is 11.5 Å². The number of Topliss-reactive ketones (excluding diaryl/α,β-unsaturated/α-hetero) is 1. The van der Waals surface area contributed by atoms with Crippen LogP contribution in [0.5, 0.6) is 0 Å². The molecule has 3 atom stereocenters. The van der Waals surface area contributed by atoms with Gasteiger partial charge in [0.25, 0.3) is 0 Å². The number of nitrogens with zero attached hydrogens (tertiary/aromatic N) is 1. The van der Waals surface area contributed by atoms with Crippen molar-refractivity contribution in [3.63, 3.8) is 0 Å². The Labute approximate surface area is 204 Å². The van der Waals surface area contributed by atoms with Crippen molar-refractivity contribution in [3.05, 3.63) is 23.4 Å². The van der Waals surface area contributed by atoms with Crippen LogP contribution in [0.4, 0.5) is 4.79 Å². The predicted octanol–water partition coefficient (Wildman–Crippen LogP) is 4.91. The summed E-state index contributed by atoms with van der Waals surface area (Å²) in [6, 6.07) is 0. The first kappa shape index (κ1) is 27.8. The van der Waals surface area contributed by atoms with Gasteiger partial charge in [0.15, 0.2) is 0 Å². The third-order valence-corrected chi connectivity index (χ3v) is 6.96. The van der Waals surface area contributed by atoms with E-state index in [1.165, 1.54) is 5.57 Å². The number of aldehydes is 1. The molecule has 1 saturated heterocycles. The summed E-state index contributed by atoms with van der Waals surface area (Å²) in [6.45, 7) is 10.8. The first-order valence-corrected chi connectivity index (χ1v) is 12.6. The molecule has 2 aliphatic rings. The highest BCUT2D eigenvalue weighted by Gasteiger charge is 2.34. The summed E-state index contributed by atoms with van der Waals surface area (Å²) in [6.07, 6.45) is 8.73. The van der Waals surface area contributed by atoms with Crippen LogP contribution in [0.25, 0.3) is 0 Å². The van der Waals surface area contributed by atoms with Gasteiger partial charge in [0.05, 0.1) is 5.92 Å². The van der Waals surface area contributed by atoms with Crippen LogP contribution in [0.3, 0.4) is 0 Å². The fourth-order valence-corrected chi connectivity index (χ4v) is 4.74. The largest absolute Gasteiger partial charge is 0.444 e. The van der Waals surface area contributed by atoms with Crippen molar-refractivity contribution >= 4 is 23.9 Å². The maximum atomic E-state index is 13.0. The highest BCUT2D eigenvalue weighted by Crippen LogP contribution is 2.34. The van der Waals surface area contributed by atoms with E-state index in [9.17, 15) is 14.4 Å². The smallest absolute Gasteiger partial charge is 0.410 e. The van der Waals surface area contributed by atoms with E-state index in [0.717, 1.165) is 31.2 Å². The molecule has 1 aliphatic heterocycles. The Morgan fingerprint density at radius 1 is 1.29 bits per heavy atom. The average Bonchev–Trinajstić information content (AvgIpc) is 2.82. The maximum Gasteiger partial charge on any atom is 0.410 e. The second-order valence-corrected chi connectivity index (χ2v) is 10.5. The zero-order chi connectivity index (χ0) is 25.5. The Bertz CT molecular complexity index is 816. The molecule has 1 fully saturated rings. The fraction of sp³-hybridized carbons (Fsp3) is 0.704. The van der Waals surface area contributed by atoms with E-state index in [4.69, 9.17) is 10.1 Å². The van der Waals surface area contributed by atoms with Crippen LogP contribution < -0.4 is 5.32 Å². The molecular formula is C27H43N3O4. The van der Waals surface area contributed by atoms with Gasteiger partial charge >= 0.3 is 6.09 Å². The molecule has 2 N–H and O–H groups in total. The number of ketones is 1. The van der Waals surface area contributed by atoms with E-state index in [1.807, 2.05) is 41.7 Å². The first-order valence-electron chi connectivity index (χ1n) is 12.6. The van der Waals surface area contributed by atoms with Gasteiger partial charge in [-0.15, -0.1) is 0 Å². The number of amides is 1. The van der Waals surface area contributed by atoms with Gasteiger partial charge in [-0.25, -0.2) is 4.79 Å². The van der Waals surface area contributed by atoms with Crippen LogP contribution in [0, 0.1) is 29.1 Å². The Morgan fingerprint density at radius 3 is 2.47 bits per heavy atom. The summed E-state index contributed by atoms with van der Waals surface area (Å²) in [5.74, 6) is -0.406. The van der Waals surface area contributed by atoms with E-state index in [-0.39, 0.29) is 30.1 Å². The van der Waals surface area contributed by atoms with E-state index in [1.54, 1.807) is 4.90 Å². The molecule has 0 aromatic heterocycles. The Morgan fingerprint density at radius 2 is 1.94 bits per heavy atom. The van der Waals surface area contributed by atoms with Crippen molar-refractivity contribution in [2.45, 2.75) is 78.7 Å². The summed E-state index contributed by atoms with van der Waals surface area (Å²) in [5, 5.41) is 12.2. The number of piperidine rings is 1. The Kier molecular flexibility index (Phi) is 10.1. The molecule has 0 bridgehead atoms. The minimum atomic E-state index is -0.520. The van der Waals surface area contributed by atoms with Gasteiger partial charge in [0.1, 0.15) is 17.7 Å². The van der Waals surface area contributed by atoms with Crippen LogP contribution in [-0.4, -0.2) is 54.5 Å². The van der Waals surface area contributed by atoms with Gasteiger partial charge < -0.3 is 25.2 Å². The number of hydrogen-bond acceptors (Lipinski definition) is 6. The van der Waals surface area contributed by atoms with E-state index in [0.29, 0.717) is 37.6 Å². The predicted molar refractivity (Wildman–Crippen MR) is 135 cm³/mol. The number of allylic oxidation sites excluding steroid dienone is 4. The molecule has 0 spiro atoms. The number of carbonyl (C=O) groups is 3.